The molecule has 0 aliphatic carbocycles. The minimum absolute atomic E-state index is 0.318. The van der Waals surface area contributed by atoms with Crippen LogP contribution in [0.15, 0.2) is 55.1 Å². The van der Waals surface area contributed by atoms with Gasteiger partial charge in [0.2, 0.25) is 0 Å². The first-order chi connectivity index (χ1) is 16.5. The standard InChI is InChI=1S/C26H34N4O4/c1-21-4-7-23(8-5-21)34-18-26(31)10-3-12-29(13-11-26)17-22-6-9-24(25(16-22)32-2)33-15-14-30-19-27-28-20-30/h4-9,16,19-20,31H,3,10-15,17-18H2,1-2H3/t26-/m0/s1. The van der Waals surface area contributed by atoms with Crippen molar-refractivity contribution in [1.29, 1.82) is 0 Å². The van der Waals surface area contributed by atoms with Crippen LogP contribution in [0.4, 0.5) is 0 Å². The van der Waals surface area contributed by atoms with E-state index in [0.29, 0.717) is 26.2 Å². The summed E-state index contributed by atoms with van der Waals surface area (Å²) >= 11 is 0. The molecule has 8 nitrogen and oxygen atoms in total. The summed E-state index contributed by atoms with van der Waals surface area (Å²) in [7, 11) is 1.66. The molecule has 4 rings (SSSR count). The summed E-state index contributed by atoms with van der Waals surface area (Å²) in [6, 6.07) is 14.0. The average Bonchev–Trinajstić information content (AvgIpc) is 3.29. The molecular weight excluding hydrogens is 432 g/mol. The van der Waals surface area contributed by atoms with E-state index in [0.717, 1.165) is 55.3 Å². The van der Waals surface area contributed by atoms with Gasteiger partial charge in [-0.1, -0.05) is 23.8 Å². The second-order valence-electron chi connectivity index (χ2n) is 8.99. The van der Waals surface area contributed by atoms with Gasteiger partial charge in [0.15, 0.2) is 11.5 Å². The third-order valence-electron chi connectivity index (χ3n) is 6.25. The van der Waals surface area contributed by atoms with Crippen LogP contribution in [0.3, 0.4) is 0 Å². The Morgan fingerprint density at radius 1 is 0.971 bits per heavy atom. The van der Waals surface area contributed by atoms with Gasteiger partial charge in [-0.15, -0.1) is 10.2 Å². The molecule has 1 atom stereocenters. The Morgan fingerprint density at radius 3 is 2.53 bits per heavy atom. The summed E-state index contributed by atoms with van der Waals surface area (Å²) in [5.74, 6) is 2.24. The number of hydrogen-bond acceptors (Lipinski definition) is 7. The number of aromatic nitrogens is 3. The summed E-state index contributed by atoms with van der Waals surface area (Å²) in [5, 5.41) is 18.7. The number of rotatable bonds is 10. The quantitative estimate of drug-likeness (QED) is 0.490. The number of ether oxygens (including phenoxy) is 3. The minimum atomic E-state index is -0.806. The molecule has 0 unspecified atom stereocenters. The Labute approximate surface area is 201 Å². The van der Waals surface area contributed by atoms with Crippen LogP contribution >= 0.6 is 0 Å². The normalized spacial score (nSPS) is 18.9. The van der Waals surface area contributed by atoms with E-state index >= 15 is 0 Å². The summed E-state index contributed by atoms with van der Waals surface area (Å²) in [5.41, 5.74) is 1.54. The van der Waals surface area contributed by atoms with Gasteiger partial charge in [-0.25, -0.2) is 0 Å². The fraction of sp³-hybridized carbons (Fsp3) is 0.462. The van der Waals surface area contributed by atoms with Crippen molar-refractivity contribution in [3.8, 4) is 17.2 Å². The van der Waals surface area contributed by atoms with E-state index in [1.807, 2.05) is 47.9 Å². The number of aliphatic hydroxyl groups is 1. The fourth-order valence-electron chi connectivity index (χ4n) is 4.18. The molecule has 0 radical (unpaired) electrons. The molecule has 0 bridgehead atoms. The van der Waals surface area contributed by atoms with E-state index in [1.54, 1.807) is 19.8 Å². The van der Waals surface area contributed by atoms with Gasteiger partial charge < -0.3 is 23.9 Å². The zero-order chi connectivity index (χ0) is 23.8. The van der Waals surface area contributed by atoms with E-state index in [-0.39, 0.29) is 0 Å². The van der Waals surface area contributed by atoms with Crippen molar-refractivity contribution in [1.82, 2.24) is 19.7 Å². The van der Waals surface area contributed by atoms with E-state index in [2.05, 4.69) is 21.2 Å². The predicted molar refractivity (Wildman–Crippen MR) is 129 cm³/mol. The van der Waals surface area contributed by atoms with Crippen LogP contribution in [0, 0.1) is 6.92 Å². The zero-order valence-corrected chi connectivity index (χ0v) is 20.0. The molecule has 0 amide bonds. The topological polar surface area (TPSA) is 81.9 Å². The van der Waals surface area contributed by atoms with Crippen LogP contribution in [0.25, 0.3) is 0 Å². The maximum absolute atomic E-state index is 11.1. The molecule has 1 saturated heterocycles. The lowest BCUT2D eigenvalue weighted by Gasteiger charge is -2.27. The smallest absolute Gasteiger partial charge is 0.161 e. The highest BCUT2D eigenvalue weighted by molar-refractivity contribution is 5.43. The van der Waals surface area contributed by atoms with Gasteiger partial charge in [0.05, 0.1) is 19.3 Å². The maximum Gasteiger partial charge on any atom is 0.161 e. The van der Waals surface area contributed by atoms with Gasteiger partial charge in [0.1, 0.15) is 31.6 Å². The summed E-state index contributed by atoms with van der Waals surface area (Å²) in [4.78, 5) is 2.38. The molecule has 1 aliphatic heterocycles. The Balaban J connectivity index is 1.28. The molecular formula is C26H34N4O4. The van der Waals surface area contributed by atoms with Gasteiger partial charge in [0, 0.05) is 13.1 Å². The van der Waals surface area contributed by atoms with Crippen molar-refractivity contribution in [2.75, 3.05) is 33.4 Å². The van der Waals surface area contributed by atoms with Crippen LogP contribution in [-0.4, -0.2) is 63.8 Å². The zero-order valence-electron chi connectivity index (χ0n) is 20.0. The molecule has 3 aromatic rings. The number of likely N-dealkylation sites (tertiary alicyclic amines) is 1. The monoisotopic (exact) mass is 466 g/mol. The Hall–Kier alpha value is -3.10. The number of nitrogens with zero attached hydrogens (tertiary/aromatic N) is 4. The lowest BCUT2D eigenvalue weighted by Crippen LogP contribution is -2.37. The molecule has 0 saturated carbocycles. The Morgan fingerprint density at radius 2 is 1.76 bits per heavy atom. The van der Waals surface area contributed by atoms with Crippen molar-refractivity contribution < 1.29 is 19.3 Å². The fourth-order valence-corrected chi connectivity index (χ4v) is 4.18. The largest absolute Gasteiger partial charge is 0.493 e. The molecule has 1 aromatic heterocycles. The van der Waals surface area contributed by atoms with Crippen LogP contribution in [-0.2, 0) is 13.1 Å². The van der Waals surface area contributed by atoms with Crippen LogP contribution in [0.5, 0.6) is 17.2 Å². The van der Waals surface area contributed by atoms with Gasteiger partial charge >= 0.3 is 0 Å². The molecule has 2 aromatic carbocycles. The second kappa shape index (κ2) is 11.4. The Kier molecular flexibility index (Phi) is 8.03. The molecule has 1 fully saturated rings. The number of aryl methyl sites for hydroxylation is 1. The highest BCUT2D eigenvalue weighted by atomic mass is 16.5. The second-order valence-corrected chi connectivity index (χ2v) is 8.99. The first kappa shape index (κ1) is 24.0. The summed E-state index contributed by atoms with van der Waals surface area (Å²) < 4.78 is 19.2. The SMILES string of the molecule is COc1cc(CN2CCC[C@@](O)(COc3ccc(C)cc3)CC2)ccc1OCCn1cnnc1. The van der Waals surface area contributed by atoms with Crippen molar-refractivity contribution >= 4 is 0 Å². The summed E-state index contributed by atoms with van der Waals surface area (Å²) in [6.45, 7) is 6.09. The van der Waals surface area contributed by atoms with Crippen molar-refractivity contribution in [3.05, 3.63) is 66.2 Å². The van der Waals surface area contributed by atoms with E-state index in [9.17, 15) is 5.11 Å². The lowest BCUT2D eigenvalue weighted by molar-refractivity contribution is -0.0168. The van der Waals surface area contributed by atoms with Crippen molar-refractivity contribution in [3.63, 3.8) is 0 Å². The van der Waals surface area contributed by atoms with E-state index < -0.39 is 5.60 Å². The first-order valence-corrected chi connectivity index (χ1v) is 11.8. The molecule has 8 heteroatoms. The third kappa shape index (κ3) is 6.71. The third-order valence-corrected chi connectivity index (χ3v) is 6.25. The van der Waals surface area contributed by atoms with E-state index in [1.165, 1.54) is 5.56 Å². The number of hydrogen-bond donors (Lipinski definition) is 1. The highest BCUT2D eigenvalue weighted by Crippen LogP contribution is 2.30. The molecule has 0 spiro atoms. The van der Waals surface area contributed by atoms with Gasteiger partial charge in [0.25, 0.3) is 0 Å². The maximum atomic E-state index is 11.1. The average molecular weight is 467 g/mol. The van der Waals surface area contributed by atoms with E-state index in [4.69, 9.17) is 14.2 Å². The molecule has 2 heterocycles. The molecule has 182 valence electrons. The van der Waals surface area contributed by atoms with Gasteiger partial charge in [-0.05, 0) is 62.6 Å². The van der Waals surface area contributed by atoms with Crippen LogP contribution in [0.2, 0.25) is 0 Å². The molecule has 1 aliphatic rings. The van der Waals surface area contributed by atoms with Gasteiger partial charge in [-0.3, -0.25) is 4.90 Å². The van der Waals surface area contributed by atoms with Crippen LogP contribution < -0.4 is 14.2 Å². The van der Waals surface area contributed by atoms with Crippen molar-refractivity contribution in [2.45, 2.75) is 44.9 Å². The molecule has 34 heavy (non-hydrogen) atoms. The van der Waals surface area contributed by atoms with Gasteiger partial charge in [-0.2, -0.15) is 0 Å². The minimum Gasteiger partial charge on any atom is -0.493 e. The Bertz CT molecular complexity index is 1030. The number of benzene rings is 2. The lowest BCUT2D eigenvalue weighted by atomic mass is 9.96. The van der Waals surface area contributed by atoms with Crippen molar-refractivity contribution in [2.24, 2.45) is 0 Å². The summed E-state index contributed by atoms with van der Waals surface area (Å²) in [6.07, 6.45) is 5.68. The highest BCUT2D eigenvalue weighted by Gasteiger charge is 2.31. The first-order valence-electron chi connectivity index (χ1n) is 11.8. The predicted octanol–water partition coefficient (Wildman–Crippen LogP) is 3.47. The number of methoxy groups -OCH3 is 1. The van der Waals surface area contributed by atoms with Crippen LogP contribution in [0.1, 0.15) is 30.4 Å². The molecule has 1 N–H and O–H groups in total.